The van der Waals surface area contributed by atoms with Gasteiger partial charge in [-0.2, -0.15) is 0 Å². The molecular formula is C13H14BrN3O2S. The van der Waals surface area contributed by atoms with E-state index in [2.05, 4.69) is 21.2 Å². The summed E-state index contributed by atoms with van der Waals surface area (Å²) in [5.41, 5.74) is 8.73. The fourth-order valence-corrected chi connectivity index (χ4v) is 2.59. The molecule has 0 fully saturated rings. The fraction of sp³-hybridized carbons (Fsp3) is 0.0769. The molecule has 0 saturated carbocycles. The van der Waals surface area contributed by atoms with Gasteiger partial charge in [0.15, 0.2) is 0 Å². The van der Waals surface area contributed by atoms with Crippen molar-refractivity contribution in [1.29, 1.82) is 0 Å². The van der Waals surface area contributed by atoms with Crippen molar-refractivity contribution in [3.05, 3.63) is 46.4 Å². The van der Waals surface area contributed by atoms with Gasteiger partial charge in [-0.1, -0.05) is 22.0 Å². The quantitative estimate of drug-likeness (QED) is 0.737. The molecule has 0 aliphatic heterocycles. The first-order valence-electron chi connectivity index (χ1n) is 5.73. The Balaban J connectivity index is 2.32. The van der Waals surface area contributed by atoms with Crippen LogP contribution in [0.4, 0.5) is 17.1 Å². The fourth-order valence-electron chi connectivity index (χ4n) is 1.66. The molecule has 0 saturated heterocycles. The van der Waals surface area contributed by atoms with Crippen molar-refractivity contribution in [2.24, 2.45) is 5.14 Å². The summed E-state index contributed by atoms with van der Waals surface area (Å²) in [6, 6.07) is 10.1. The lowest BCUT2D eigenvalue weighted by Crippen LogP contribution is -2.12. The Kier molecular flexibility index (Phi) is 4.03. The molecule has 106 valence electrons. The van der Waals surface area contributed by atoms with Crippen LogP contribution >= 0.6 is 15.9 Å². The summed E-state index contributed by atoms with van der Waals surface area (Å²) in [7, 11) is -3.74. The van der Waals surface area contributed by atoms with Crippen LogP contribution in [-0.2, 0) is 10.0 Å². The molecule has 7 heteroatoms. The molecule has 0 amide bonds. The maximum atomic E-state index is 11.2. The lowest BCUT2D eigenvalue weighted by atomic mass is 10.2. The summed E-state index contributed by atoms with van der Waals surface area (Å²) < 4.78 is 23.4. The zero-order valence-corrected chi connectivity index (χ0v) is 13.1. The van der Waals surface area contributed by atoms with E-state index in [-0.39, 0.29) is 4.90 Å². The Morgan fingerprint density at radius 3 is 2.40 bits per heavy atom. The van der Waals surface area contributed by atoms with Crippen molar-refractivity contribution < 1.29 is 8.42 Å². The molecule has 0 spiro atoms. The Bertz CT molecular complexity index is 760. The van der Waals surface area contributed by atoms with Crippen LogP contribution in [0.3, 0.4) is 0 Å². The third kappa shape index (κ3) is 3.30. The van der Waals surface area contributed by atoms with E-state index in [9.17, 15) is 8.42 Å². The smallest absolute Gasteiger partial charge is 0.238 e. The number of nitrogens with two attached hydrogens (primary N) is 2. The molecule has 0 unspecified atom stereocenters. The van der Waals surface area contributed by atoms with E-state index in [4.69, 9.17) is 10.9 Å². The topological polar surface area (TPSA) is 98.2 Å². The molecule has 0 aliphatic carbocycles. The molecule has 2 aromatic rings. The predicted octanol–water partition coefficient (Wildman–Crippen LogP) is 2.73. The van der Waals surface area contributed by atoms with Crippen molar-refractivity contribution in [3.8, 4) is 0 Å². The number of nitrogens with one attached hydrogen (secondary N) is 1. The van der Waals surface area contributed by atoms with Crippen LogP contribution in [0, 0.1) is 6.92 Å². The molecule has 5 nitrogen and oxygen atoms in total. The van der Waals surface area contributed by atoms with E-state index in [1.807, 2.05) is 25.1 Å². The van der Waals surface area contributed by atoms with Crippen molar-refractivity contribution in [1.82, 2.24) is 0 Å². The van der Waals surface area contributed by atoms with Crippen molar-refractivity contribution in [2.45, 2.75) is 11.8 Å². The molecule has 2 rings (SSSR count). The largest absolute Gasteiger partial charge is 0.397 e. The van der Waals surface area contributed by atoms with Gasteiger partial charge in [0, 0.05) is 10.2 Å². The molecule has 0 aromatic heterocycles. The number of halogens is 1. The lowest BCUT2D eigenvalue weighted by molar-refractivity contribution is 0.598. The second-order valence-corrected chi connectivity index (χ2v) is 6.80. The van der Waals surface area contributed by atoms with Crippen molar-refractivity contribution in [3.63, 3.8) is 0 Å². The third-order valence-electron chi connectivity index (χ3n) is 2.80. The highest BCUT2D eigenvalue weighted by atomic mass is 79.9. The maximum absolute atomic E-state index is 11.2. The summed E-state index contributed by atoms with van der Waals surface area (Å²) in [6.45, 7) is 1.99. The number of sulfonamides is 1. The zero-order chi connectivity index (χ0) is 14.9. The predicted molar refractivity (Wildman–Crippen MR) is 84.4 cm³/mol. The highest BCUT2D eigenvalue weighted by Crippen LogP contribution is 2.28. The highest BCUT2D eigenvalue weighted by molar-refractivity contribution is 9.10. The van der Waals surface area contributed by atoms with E-state index in [0.717, 1.165) is 15.7 Å². The Morgan fingerprint density at radius 1 is 1.15 bits per heavy atom. The van der Waals surface area contributed by atoms with Gasteiger partial charge >= 0.3 is 0 Å². The van der Waals surface area contributed by atoms with E-state index in [0.29, 0.717) is 11.4 Å². The average Bonchev–Trinajstić information content (AvgIpc) is 2.35. The number of nitrogen functional groups attached to an aromatic ring is 1. The van der Waals surface area contributed by atoms with Gasteiger partial charge in [0.2, 0.25) is 10.0 Å². The van der Waals surface area contributed by atoms with Gasteiger partial charge in [0.25, 0.3) is 0 Å². The van der Waals surface area contributed by atoms with Crippen molar-refractivity contribution >= 4 is 43.0 Å². The van der Waals surface area contributed by atoms with E-state index in [1.165, 1.54) is 12.1 Å². The Morgan fingerprint density at radius 2 is 1.85 bits per heavy atom. The molecule has 0 bridgehead atoms. The van der Waals surface area contributed by atoms with Crippen LogP contribution < -0.4 is 16.2 Å². The monoisotopic (exact) mass is 355 g/mol. The zero-order valence-electron chi connectivity index (χ0n) is 10.7. The Hall–Kier alpha value is -1.57. The molecule has 0 aliphatic rings. The van der Waals surface area contributed by atoms with Crippen LogP contribution in [0.2, 0.25) is 0 Å². The van der Waals surface area contributed by atoms with Crippen LogP contribution in [0.15, 0.2) is 45.8 Å². The van der Waals surface area contributed by atoms with Crippen LogP contribution in [0.25, 0.3) is 0 Å². The third-order valence-corrected chi connectivity index (χ3v) is 4.57. The first-order chi connectivity index (χ1) is 9.27. The minimum atomic E-state index is -3.74. The number of benzene rings is 2. The molecule has 0 heterocycles. The van der Waals surface area contributed by atoms with Gasteiger partial charge in [0.05, 0.1) is 16.3 Å². The average molecular weight is 356 g/mol. The number of aryl methyl sites for hydroxylation is 1. The van der Waals surface area contributed by atoms with Gasteiger partial charge in [-0.05, 0) is 42.8 Å². The summed E-state index contributed by atoms with van der Waals surface area (Å²) in [5.74, 6) is 0. The standard InChI is InChI=1S/C13H14BrN3O2S/c1-8-2-3-9(6-11(8)14)17-13-5-4-10(7-12(13)15)20(16,18)19/h2-7,17H,15H2,1H3,(H2,16,18,19). The normalized spacial score (nSPS) is 11.3. The van der Waals surface area contributed by atoms with Gasteiger partial charge in [-0.25, -0.2) is 13.6 Å². The minimum Gasteiger partial charge on any atom is -0.397 e. The van der Waals surface area contributed by atoms with E-state index in [1.54, 1.807) is 6.07 Å². The first kappa shape index (κ1) is 14.8. The lowest BCUT2D eigenvalue weighted by Gasteiger charge is -2.11. The molecule has 5 N–H and O–H groups in total. The highest BCUT2D eigenvalue weighted by Gasteiger charge is 2.10. The SMILES string of the molecule is Cc1ccc(Nc2ccc(S(N)(=O)=O)cc2N)cc1Br. The summed E-state index contributed by atoms with van der Waals surface area (Å²) in [4.78, 5) is -0.00867. The molecule has 0 radical (unpaired) electrons. The van der Waals surface area contributed by atoms with Crippen LogP contribution in [-0.4, -0.2) is 8.42 Å². The summed E-state index contributed by atoms with van der Waals surface area (Å²) in [5, 5.41) is 8.18. The van der Waals surface area contributed by atoms with Gasteiger partial charge in [0.1, 0.15) is 0 Å². The minimum absolute atomic E-state index is 0.00867. The second-order valence-electron chi connectivity index (χ2n) is 4.38. The van der Waals surface area contributed by atoms with Gasteiger partial charge in [-0.15, -0.1) is 0 Å². The number of anilines is 3. The van der Waals surface area contributed by atoms with Crippen LogP contribution in [0.1, 0.15) is 5.56 Å². The van der Waals surface area contributed by atoms with Crippen LogP contribution in [0.5, 0.6) is 0 Å². The maximum Gasteiger partial charge on any atom is 0.238 e. The molecule has 2 aromatic carbocycles. The van der Waals surface area contributed by atoms with Gasteiger partial charge in [-0.3, -0.25) is 0 Å². The number of primary sulfonamides is 1. The number of hydrogen-bond donors (Lipinski definition) is 3. The second kappa shape index (κ2) is 5.43. The summed E-state index contributed by atoms with van der Waals surface area (Å²) in [6.07, 6.45) is 0. The number of hydrogen-bond acceptors (Lipinski definition) is 4. The van der Waals surface area contributed by atoms with Crippen molar-refractivity contribution in [2.75, 3.05) is 11.1 Å². The summed E-state index contributed by atoms with van der Waals surface area (Å²) >= 11 is 3.45. The Labute approximate surface area is 126 Å². The number of rotatable bonds is 3. The molecule has 0 atom stereocenters. The van der Waals surface area contributed by atoms with E-state index < -0.39 is 10.0 Å². The van der Waals surface area contributed by atoms with Gasteiger partial charge < -0.3 is 11.1 Å². The first-order valence-corrected chi connectivity index (χ1v) is 8.07. The molecule has 20 heavy (non-hydrogen) atoms. The van der Waals surface area contributed by atoms with E-state index >= 15 is 0 Å². The molecular weight excluding hydrogens is 342 g/mol.